The molecule has 2 N–H and O–H groups in total. The molecule has 0 unspecified atom stereocenters. The number of nitrogens with one attached hydrogen (secondary N) is 2. The summed E-state index contributed by atoms with van der Waals surface area (Å²) >= 11 is 0. The fourth-order valence-electron chi connectivity index (χ4n) is 1.67. The minimum atomic E-state index is -0.366. The summed E-state index contributed by atoms with van der Waals surface area (Å²) in [5.74, 6) is 1.70. The minimum Gasteiger partial charge on any atom is -0.454 e. The quantitative estimate of drug-likeness (QED) is 0.878. The van der Waals surface area contributed by atoms with Crippen LogP contribution in [0.25, 0.3) is 0 Å². The molecule has 1 aliphatic heterocycles. The van der Waals surface area contributed by atoms with Crippen molar-refractivity contribution in [3.8, 4) is 11.5 Å². The van der Waals surface area contributed by atoms with Crippen LogP contribution >= 0.6 is 0 Å². The number of amides is 2. The van der Waals surface area contributed by atoms with Gasteiger partial charge in [-0.2, -0.15) is 0 Å². The molecule has 2 heterocycles. The van der Waals surface area contributed by atoms with E-state index >= 15 is 0 Å². The van der Waals surface area contributed by atoms with Gasteiger partial charge >= 0.3 is 6.03 Å². The molecule has 19 heavy (non-hydrogen) atoms. The van der Waals surface area contributed by atoms with Crippen LogP contribution in [0.3, 0.4) is 0 Å². The van der Waals surface area contributed by atoms with Crippen molar-refractivity contribution >= 4 is 11.9 Å². The molecule has 98 valence electrons. The van der Waals surface area contributed by atoms with Crippen molar-refractivity contribution < 1.29 is 18.8 Å². The van der Waals surface area contributed by atoms with Crippen LogP contribution in [0.1, 0.15) is 5.56 Å². The highest BCUT2D eigenvalue weighted by Gasteiger charge is 2.13. The van der Waals surface area contributed by atoms with Gasteiger partial charge in [0, 0.05) is 12.6 Å². The maximum Gasteiger partial charge on any atom is 0.321 e. The molecule has 2 aromatic rings. The van der Waals surface area contributed by atoms with Gasteiger partial charge in [-0.3, -0.25) is 5.32 Å². The first-order valence-corrected chi connectivity index (χ1v) is 5.65. The van der Waals surface area contributed by atoms with E-state index in [1.54, 1.807) is 6.07 Å². The van der Waals surface area contributed by atoms with Gasteiger partial charge in [0.1, 0.15) is 0 Å². The van der Waals surface area contributed by atoms with Crippen molar-refractivity contribution in [3.63, 3.8) is 0 Å². The van der Waals surface area contributed by atoms with Crippen molar-refractivity contribution in [1.82, 2.24) is 10.5 Å². The number of anilines is 1. The normalized spacial score (nSPS) is 12.2. The number of aromatic nitrogens is 1. The average Bonchev–Trinajstić information content (AvgIpc) is 3.06. The van der Waals surface area contributed by atoms with E-state index < -0.39 is 0 Å². The molecule has 0 saturated carbocycles. The Morgan fingerprint density at radius 1 is 1.26 bits per heavy atom. The highest BCUT2D eigenvalue weighted by Crippen LogP contribution is 2.32. The predicted octanol–water partition coefficient (Wildman–Crippen LogP) is 1.72. The zero-order valence-corrected chi connectivity index (χ0v) is 9.88. The second kappa shape index (κ2) is 4.89. The van der Waals surface area contributed by atoms with Gasteiger partial charge in [0.25, 0.3) is 0 Å². The summed E-state index contributed by atoms with van der Waals surface area (Å²) in [7, 11) is 0. The number of ether oxygens (including phenoxy) is 2. The molecular weight excluding hydrogens is 250 g/mol. The molecule has 0 fully saturated rings. The zero-order chi connectivity index (χ0) is 13.1. The Hall–Kier alpha value is -2.70. The standard InChI is InChI=1S/C12H11N3O4/c16-12(15-11-3-4-14-19-11)13-6-8-1-2-9-10(5-8)18-7-17-9/h1-5H,6-7H2,(H2,13,15,16). The molecule has 7 nitrogen and oxygen atoms in total. The van der Waals surface area contributed by atoms with Crippen LogP contribution in [0, 0.1) is 0 Å². The number of nitrogens with zero attached hydrogens (tertiary/aromatic N) is 1. The van der Waals surface area contributed by atoms with Crippen LogP contribution in [0.2, 0.25) is 0 Å². The van der Waals surface area contributed by atoms with E-state index in [1.807, 2.05) is 18.2 Å². The molecule has 7 heteroatoms. The van der Waals surface area contributed by atoms with E-state index in [2.05, 4.69) is 15.8 Å². The Morgan fingerprint density at radius 2 is 2.16 bits per heavy atom. The fraction of sp³-hybridized carbons (Fsp3) is 0.167. The third-order valence-corrected chi connectivity index (χ3v) is 2.56. The van der Waals surface area contributed by atoms with E-state index in [4.69, 9.17) is 14.0 Å². The fourth-order valence-corrected chi connectivity index (χ4v) is 1.67. The largest absolute Gasteiger partial charge is 0.454 e. The highest BCUT2D eigenvalue weighted by molar-refractivity contribution is 5.87. The Labute approximate surface area is 108 Å². The molecular formula is C12H11N3O4. The van der Waals surface area contributed by atoms with Crippen molar-refractivity contribution in [1.29, 1.82) is 0 Å². The van der Waals surface area contributed by atoms with Crippen LogP contribution in [-0.2, 0) is 6.54 Å². The first kappa shape index (κ1) is 11.4. The van der Waals surface area contributed by atoms with Crippen LogP contribution in [-0.4, -0.2) is 18.0 Å². The molecule has 2 amide bonds. The van der Waals surface area contributed by atoms with Crippen LogP contribution < -0.4 is 20.1 Å². The highest BCUT2D eigenvalue weighted by atomic mass is 16.7. The van der Waals surface area contributed by atoms with Gasteiger partial charge in [-0.25, -0.2) is 4.79 Å². The number of fused-ring (bicyclic) bond motifs is 1. The summed E-state index contributed by atoms with van der Waals surface area (Å²) in [4.78, 5) is 11.6. The third-order valence-electron chi connectivity index (χ3n) is 2.56. The lowest BCUT2D eigenvalue weighted by Crippen LogP contribution is -2.27. The zero-order valence-electron chi connectivity index (χ0n) is 9.88. The first-order valence-electron chi connectivity index (χ1n) is 5.65. The van der Waals surface area contributed by atoms with Crippen molar-refractivity contribution in [3.05, 3.63) is 36.0 Å². The van der Waals surface area contributed by atoms with Gasteiger partial charge < -0.3 is 19.3 Å². The van der Waals surface area contributed by atoms with Crippen LogP contribution in [0.15, 0.2) is 35.0 Å². The summed E-state index contributed by atoms with van der Waals surface area (Å²) in [6.45, 7) is 0.606. The lowest BCUT2D eigenvalue weighted by atomic mass is 10.2. The molecule has 3 rings (SSSR count). The minimum absolute atomic E-state index is 0.234. The maximum atomic E-state index is 11.6. The molecule has 1 aromatic carbocycles. The number of hydrogen-bond acceptors (Lipinski definition) is 5. The molecule has 0 aliphatic carbocycles. The summed E-state index contributed by atoms with van der Waals surface area (Å²) < 4.78 is 15.2. The van der Waals surface area contributed by atoms with Crippen LogP contribution in [0.5, 0.6) is 11.5 Å². The number of rotatable bonds is 3. The SMILES string of the molecule is O=C(NCc1ccc2c(c1)OCO2)Nc1ccno1. The number of hydrogen-bond donors (Lipinski definition) is 2. The number of carbonyl (C=O) groups excluding carboxylic acids is 1. The van der Waals surface area contributed by atoms with E-state index in [1.165, 1.54) is 6.20 Å². The summed E-state index contributed by atoms with van der Waals surface area (Å²) in [5.41, 5.74) is 0.914. The average molecular weight is 261 g/mol. The first-order chi connectivity index (χ1) is 9.31. The van der Waals surface area contributed by atoms with E-state index in [-0.39, 0.29) is 12.8 Å². The number of carbonyl (C=O) groups is 1. The Balaban J connectivity index is 1.56. The van der Waals surface area contributed by atoms with E-state index in [9.17, 15) is 4.79 Å². The summed E-state index contributed by atoms with van der Waals surface area (Å²) in [6.07, 6.45) is 1.45. The third kappa shape index (κ3) is 2.59. The van der Waals surface area contributed by atoms with Gasteiger partial charge in [-0.05, 0) is 17.7 Å². The van der Waals surface area contributed by atoms with Gasteiger partial charge in [-0.15, -0.1) is 0 Å². The van der Waals surface area contributed by atoms with Crippen molar-refractivity contribution in [2.45, 2.75) is 6.54 Å². The van der Waals surface area contributed by atoms with Crippen LogP contribution in [0.4, 0.5) is 10.7 Å². The molecule has 0 saturated heterocycles. The second-order valence-corrected chi connectivity index (χ2v) is 3.87. The van der Waals surface area contributed by atoms with Crippen molar-refractivity contribution in [2.75, 3.05) is 12.1 Å². The van der Waals surface area contributed by atoms with Gasteiger partial charge in [0.05, 0.1) is 6.20 Å². The second-order valence-electron chi connectivity index (χ2n) is 3.87. The molecule has 0 spiro atoms. The molecule has 0 radical (unpaired) electrons. The monoisotopic (exact) mass is 261 g/mol. The molecule has 0 atom stereocenters. The Bertz CT molecular complexity index is 583. The van der Waals surface area contributed by atoms with Gasteiger partial charge in [0.15, 0.2) is 11.5 Å². The Morgan fingerprint density at radius 3 is 3.00 bits per heavy atom. The lowest BCUT2D eigenvalue weighted by molar-refractivity contribution is 0.174. The number of urea groups is 1. The smallest absolute Gasteiger partial charge is 0.321 e. The molecule has 1 aromatic heterocycles. The predicted molar refractivity (Wildman–Crippen MR) is 64.9 cm³/mol. The molecule has 1 aliphatic rings. The van der Waals surface area contributed by atoms with E-state index in [0.717, 1.165) is 11.3 Å². The topological polar surface area (TPSA) is 85.6 Å². The van der Waals surface area contributed by atoms with E-state index in [0.29, 0.717) is 18.2 Å². The lowest BCUT2D eigenvalue weighted by Gasteiger charge is -2.06. The summed E-state index contributed by atoms with van der Waals surface area (Å²) in [6, 6.07) is 6.70. The summed E-state index contributed by atoms with van der Waals surface area (Å²) in [5, 5.41) is 8.69. The molecule has 0 bridgehead atoms. The van der Waals surface area contributed by atoms with Gasteiger partial charge in [0.2, 0.25) is 12.7 Å². The maximum absolute atomic E-state index is 11.6. The number of benzene rings is 1. The van der Waals surface area contributed by atoms with Gasteiger partial charge in [-0.1, -0.05) is 11.2 Å². The Kier molecular flexibility index (Phi) is 2.93. The van der Waals surface area contributed by atoms with Crippen molar-refractivity contribution in [2.24, 2.45) is 0 Å².